The first kappa shape index (κ1) is 17.8. The molecule has 7 heteroatoms. The Morgan fingerprint density at radius 1 is 1.24 bits per heavy atom. The monoisotopic (exact) mass is 308 g/mol. The molecule has 122 valence electrons. The van der Waals surface area contributed by atoms with Crippen molar-refractivity contribution in [3.05, 3.63) is 0 Å². The van der Waals surface area contributed by atoms with Gasteiger partial charge in [-0.25, -0.2) is 0 Å². The molecule has 4 nitrogen and oxygen atoms in total. The fraction of sp³-hybridized carbons (Fsp3) is 0.857. The van der Waals surface area contributed by atoms with Gasteiger partial charge in [0.2, 0.25) is 11.8 Å². The van der Waals surface area contributed by atoms with Gasteiger partial charge in [0.05, 0.1) is 0 Å². The number of nitrogens with zero attached hydrogens (tertiary/aromatic N) is 1. The molecular weight excluding hydrogens is 285 g/mol. The van der Waals surface area contributed by atoms with Gasteiger partial charge in [0.25, 0.3) is 0 Å². The first-order valence-corrected chi connectivity index (χ1v) is 7.06. The highest BCUT2D eigenvalue weighted by molar-refractivity contribution is 5.97. The van der Waals surface area contributed by atoms with Crippen LogP contribution in [0.2, 0.25) is 0 Å². The maximum Gasteiger partial charge on any atom is 0.406 e. The Kier molecular flexibility index (Phi) is 4.95. The topological polar surface area (TPSA) is 49.4 Å². The summed E-state index contributed by atoms with van der Waals surface area (Å²) in [4.78, 5) is 25.4. The molecule has 0 saturated carbocycles. The van der Waals surface area contributed by atoms with Crippen molar-refractivity contribution in [3.8, 4) is 0 Å². The molecule has 1 saturated heterocycles. The Bertz CT molecular complexity index is 415. The lowest BCUT2D eigenvalue weighted by Crippen LogP contribution is -2.69. The fourth-order valence-corrected chi connectivity index (χ4v) is 2.48. The van der Waals surface area contributed by atoms with E-state index >= 15 is 0 Å². The summed E-state index contributed by atoms with van der Waals surface area (Å²) in [7, 11) is 0. The van der Waals surface area contributed by atoms with Crippen LogP contribution < -0.4 is 5.32 Å². The van der Waals surface area contributed by atoms with E-state index in [1.54, 1.807) is 34.6 Å². The molecule has 0 radical (unpaired) electrons. The molecule has 1 rings (SSSR count). The molecule has 21 heavy (non-hydrogen) atoms. The van der Waals surface area contributed by atoms with E-state index in [2.05, 4.69) is 5.32 Å². The quantitative estimate of drug-likeness (QED) is 0.870. The third-order valence-corrected chi connectivity index (χ3v) is 3.82. The van der Waals surface area contributed by atoms with Gasteiger partial charge in [-0.05, 0) is 11.3 Å². The van der Waals surface area contributed by atoms with Crippen LogP contribution in [0.1, 0.15) is 41.0 Å². The molecule has 0 bridgehead atoms. The highest BCUT2D eigenvalue weighted by atomic mass is 19.4. The Balaban J connectivity index is 3.17. The molecule has 1 N–H and O–H groups in total. The molecule has 0 aliphatic carbocycles. The van der Waals surface area contributed by atoms with Crippen LogP contribution >= 0.6 is 0 Å². The van der Waals surface area contributed by atoms with E-state index in [9.17, 15) is 22.8 Å². The van der Waals surface area contributed by atoms with E-state index < -0.39 is 42.0 Å². The maximum atomic E-state index is 12.8. The number of carbonyl (C=O) groups excluding carboxylic acids is 2. The second-order valence-electron chi connectivity index (χ2n) is 6.72. The lowest BCUT2D eigenvalue weighted by molar-refractivity contribution is -0.178. The van der Waals surface area contributed by atoms with Gasteiger partial charge in [-0.2, -0.15) is 13.2 Å². The van der Waals surface area contributed by atoms with Crippen molar-refractivity contribution < 1.29 is 22.8 Å². The van der Waals surface area contributed by atoms with Crippen LogP contribution in [0.3, 0.4) is 0 Å². The van der Waals surface area contributed by atoms with E-state index in [1.165, 1.54) is 0 Å². The Morgan fingerprint density at radius 2 is 1.76 bits per heavy atom. The molecule has 1 heterocycles. The summed E-state index contributed by atoms with van der Waals surface area (Å²) in [5, 5.41) is 2.59. The van der Waals surface area contributed by atoms with Crippen molar-refractivity contribution in [2.45, 2.75) is 59.3 Å². The second kappa shape index (κ2) is 5.85. The van der Waals surface area contributed by atoms with Crippen LogP contribution in [-0.2, 0) is 9.59 Å². The Labute approximate surface area is 123 Å². The summed E-state index contributed by atoms with van der Waals surface area (Å²) in [5.74, 6) is -1.50. The molecule has 2 amide bonds. The molecule has 1 aliphatic heterocycles. The smallest absolute Gasteiger partial charge is 0.342 e. The van der Waals surface area contributed by atoms with E-state index in [0.29, 0.717) is 11.3 Å². The minimum atomic E-state index is -4.53. The van der Waals surface area contributed by atoms with E-state index in [-0.39, 0.29) is 5.92 Å². The van der Waals surface area contributed by atoms with Crippen molar-refractivity contribution in [2.75, 3.05) is 6.54 Å². The average molecular weight is 308 g/mol. The predicted molar refractivity (Wildman–Crippen MR) is 72.4 cm³/mol. The zero-order chi connectivity index (χ0) is 16.6. The number of rotatable bonds is 3. The molecular formula is C14H23F3N2O2. The number of hydrogen-bond acceptors (Lipinski definition) is 2. The van der Waals surface area contributed by atoms with E-state index in [4.69, 9.17) is 0 Å². The van der Waals surface area contributed by atoms with Gasteiger partial charge in [-0.1, -0.05) is 41.0 Å². The first-order valence-electron chi connectivity index (χ1n) is 7.06. The zero-order valence-corrected chi connectivity index (χ0v) is 13.0. The highest BCUT2D eigenvalue weighted by Crippen LogP contribution is 2.30. The lowest BCUT2D eigenvalue weighted by atomic mass is 9.82. The summed E-state index contributed by atoms with van der Waals surface area (Å²) in [5.41, 5.74) is -0.642. The number of hydrogen-bond donors (Lipinski definition) is 1. The van der Waals surface area contributed by atoms with Crippen LogP contribution in [0.15, 0.2) is 0 Å². The van der Waals surface area contributed by atoms with Gasteiger partial charge in [-0.15, -0.1) is 0 Å². The minimum Gasteiger partial charge on any atom is -0.342 e. The number of carbonyl (C=O) groups is 2. The fourth-order valence-electron chi connectivity index (χ4n) is 2.48. The molecule has 0 aromatic rings. The molecule has 0 spiro atoms. The highest BCUT2D eigenvalue weighted by Gasteiger charge is 2.49. The van der Waals surface area contributed by atoms with Gasteiger partial charge in [0.15, 0.2) is 0 Å². The first-order chi connectivity index (χ1) is 9.38. The second-order valence-corrected chi connectivity index (χ2v) is 6.72. The van der Waals surface area contributed by atoms with Gasteiger partial charge >= 0.3 is 6.18 Å². The van der Waals surface area contributed by atoms with Crippen molar-refractivity contribution in [2.24, 2.45) is 11.3 Å². The van der Waals surface area contributed by atoms with Crippen LogP contribution in [0, 0.1) is 11.3 Å². The normalized spacial score (nSPS) is 25.8. The van der Waals surface area contributed by atoms with Crippen molar-refractivity contribution in [3.63, 3.8) is 0 Å². The zero-order valence-electron chi connectivity index (χ0n) is 13.0. The largest absolute Gasteiger partial charge is 0.406 e. The van der Waals surface area contributed by atoms with Crippen LogP contribution in [-0.4, -0.2) is 41.5 Å². The molecule has 0 aromatic carbocycles. The number of nitrogens with one attached hydrogen (secondary N) is 1. The van der Waals surface area contributed by atoms with Crippen LogP contribution in [0.25, 0.3) is 0 Å². The summed E-state index contributed by atoms with van der Waals surface area (Å²) in [6, 6.07) is -2.00. The summed E-state index contributed by atoms with van der Waals surface area (Å²) in [6.07, 6.45) is -4.01. The van der Waals surface area contributed by atoms with Crippen molar-refractivity contribution >= 4 is 11.8 Å². The summed E-state index contributed by atoms with van der Waals surface area (Å²) < 4.78 is 38.3. The SMILES string of the molecule is CCC(C)C1C(=O)NC(C(C)(C)C)C(=O)N1CC(F)(F)F. The number of halogens is 3. The van der Waals surface area contributed by atoms with Gasteiger partial charge < -0.3 is 10.2 Å². The van der Waals surface area contributed by atoms with Gasteiger partial charge in [0, 0.05) is 0 Å². The third kappa shape index (κ3) is 4.11. The van der Waals surface area contributed by atoms with Gasteiger partial charge in [-0.3, -0.25) is 9.59 Å². The average Bonchev–Trinajstić information content (AvgIpc) is 2.29. The standard InChI is InChI=1S/C14H23F3N2O2/c1-6-8(2)9-11(20)18-10(13(3,4)5)12(21)19(9)7-14(15,16)17/h8-10H,6-7H2,1-5H3,(H,18,20). The molecule has 3 unspecified atom stereocenters. The van der Waals surface area contributed by atoms with E-state index in [1.807, 2.05) is 0 Å². The van der Waals surface area contributed by atoms with Crippen molar-refractivity contribution in [1.29, 1.82) is 0 Å². The Morgan fingerprint density at radius 3 is 2.14 bits per heavy atom. The summed E-state index contributed by atoms with van der Waals surface area (Å²) in [6.45, 7) is 7.21. The third-order valence-electron chi connectivity index (χ3n) is 3.82. The number of piperazine rings is 1. The summed E-state index contributed by atoms with van der Waals surface area (Å²) >= 11 is 0. The molecule has 1 fully saturated rings. The van der Waals surface area contributed by atoms with Crippen LogP contribution in [0.4, 0.5) is 13.2 Å². The minimum absolute atomic E-state index is 0.336. The maximum absolute atomic E-state index is 12.8. The number of alkyl halides is 3. The van der Waals surface area contributed by atoms with Gasteiger partial charge in [0.1, 0.15) is 18.6 Å². The molecule has 1 aliphatic rings. The Hall–Kier alpha value is -1.27. The lowest BCUT2D eigenvalue weighted by Gasteiger charge is -2.45. The molecule has 3 atom stereocenters. The molecule has 0 aromatic heterocycles. The van der Waals surface area contributed by atoms with Crippen LogP contribution in [0.5, 0.6) is 0 Å². The predicted octanol–water partition coefficient (Wildman–Crippen LogP) is 2.34. The van der Waals surface area contributed by atoms with Crippen molar-refractivity contribution in [1.82, 2.24) is 10.2 Å². The number of amides is 2. The van der Waals surface area contributed by atoms with E-state index in [0.717, 1.165) is 0 Å².